The van der Waals surface area contributed by atoms with Gasteiger partial charge in [-0.1, -0.05) is 6.92 Å². The van der Waals surface area contributed by atoms with Gasteiger partial charge < -0.3 is 21.7 Å². The summed E-state index contributed by atoms with van der Waals surface area (Å²) in [6, 6.07) is 3.40. The standard InChI is InChI=1S/C24H32F3N7O2/c1-2-19(33-23(28)36)14-3-6-17(7-4-14)34-11-16(12-34)32-21(35)10-29-22-18-9-15(24(25,26)27)5-8-20(18)30-13-31-22/h5,8-9,13-14,16-17,19H,2-4,6-7,10-12H2,1H3,(H,32,35)(H3,28,33,36)(H,29,30,31)/t14-,17+,19?. The second-order valence-corrected chi connectivity index (χ2v) is 9.62. The van der Waals surface area contributed by atoms with Crippen molar-refractivity contribution in [2.45, 2.75) is 63.3 Å². The SMILES string of the molecule is CCC(NC(N)=O)[C@H]1CC[C@@H](N2CC(NC(=O)CNc3ncnc4ccc(C(F)(F)F)cc34)C2)CC1. The van der Waals surface area contributed by atoms with Gasteiger partial charge in [-0.15, -0.1) is 0 Å². The molecule has 1 aliphatic carbocycles. The van der Waals surface area contributed by atoms with Crippen LogP contribution in [0.3, 0.4) is 0 Å². The number of hydrogen-bond donors (Lipinski definition) is 4. The quantitative estimate of drug-likeness (QED) is 0.436. The first kappa shape index (κ1) is 25.9. The van der Waals surface area contributed by atoms with Crippen molar-refractivity contribution >= 4 is 28.7 Å². The number of carbonyl (C=O) groups excluding carboxylic acids is 2. The molecule has 0 spiro atoms. The molecule has 1 aromatic carbocycles. The van der Waals surface area contributed by atoms with Crippen molar-refractivity contribution in [3.63, 3.8) is 0 Å². The van der Waals surface area contributed by atoms with Gasteiger partial charge in [-0.05, 0) is 56.2 Å². The number of likely N-dealkylation sites (tertiary alicyclic amines) is 1. The fraction of sp³-hybridized carbons (Fsp3) is 0.583. The molecule has 1 saturated carbocycles. The number of urea groups is 1. The average Bonchev–Trinajstić information content (AvgIpc) is 2.82. The Labute approximate surface area is 207 Å². The predicted octanol–water partition coefficient (Wildman–Crippen LogP) is 2.87. The molecule has 3 amide bonds. The van der Waals surface area contributed by atoms with Crippen molar-refractivity contribution in [2.75, 3.05) is 25.0 Å². The van der Waals surface area contributed by atoms with E-state index in [4.69, 9.17) is 5.73 Å². The maximum atomic E-state index is 13.1. The van der Waals surface area contributed by atoms with Crippen LogP contribution in [0.2, 0.25) is 0 Å². The number of anilines is 1. The van der Waals surface area contributed by atoms with Crippen LogP contribution in [0, 0.1) is 5.92 Å². The van der Waals surface area contributed by atoms with Crippen LogP contribution in [0.15, 0.2) is 24.5 Å². The Morgan fingerprint density at radius 1 is 1.17 bits per heavy atom. The predicted molar refractivity (Wildman–Crippen MR) is 129 cm³/mol. The van der Waals surface area contributed by atoms with Gasteiger partial charge in [-0.2, -0.15) is 13.2 Å². The summed E-state index contributed by atoms with van der Waals surface area (Å²) in [6.45, 7) is 3.49. The Morgan fingerprint density at radius 3 is 2.53 bits per heavy atom. The van der Waals surface area contributed by atoms with E-state index in [9.17, 15) is 22.8 Å². The number of nitrogens with two attached hydrogens (primary N) is 1. The summed E-state index contributed by atoms with van der Waals surface area (Å²) in [7, 11) is 0. The summed E-state index contributed by atoms with van der Waals surface area (Å²) in [5.41, 5.74) is 4.86. The summed E-state index contributed by atoms with van der Waals surface area (Å²) in [4.78, 5) is 34.0. The zero-order valence-corrected chi connectivity index (χ0v) is 20.1. The molecule has 1 aromatic heterocycles. The highest BCUT2D eigenvalue weighted by Gasteiger charge is 2.36. The molecule has 1 saturated heterocycles. The zero-order valence-electron chi connectivity index (χ0n) is 20.1. The molecule has 2 aliphatic rings. The zero-order chi connectivity index (χ0) is 25.9. The molecule has 1 atom stereocenters. The molecule has 1 aliphatic heterocycles. The molecule has 2 fully saturated rings. The molecule has 0 bridgehead atoms. The molecule has 1 unspecified atom stereocenters. The second-order valence-electron chi connectivity index (χ2n) is 9.62. The van der Waals surface area contributed by atoms with Crippen molar-refractivity contribution in [2.24, 2.45) is 11.7 Å². The van der Waals surface area contributed by atoms with E-state index in [2.05, 4.69) is 37.7 Å². The van der Waals surface area contributed by atoms with Crippen molar-refractivity contribution in [1.82, 2.24) is 25.5 Å². The van der Waals surface area contributed by atoms with E-state index in [0.29, 0.717) is 17.5 Å². The van der Waals surface area contributed by atoms with E-state index in [0.717, 1.165) is 57.3 Å². The molecule has 36 heavy (non-hydrogen) atoms. The Bertz CT molecular complexity index is 1080. The highest BCUT2D eigenvalue weighted by atomic mass is 19.4. The summed E-state index contributed by atoms with van der Waals surface area (Å²) in [6.07, 6.45) is 1.79. The third-order valence-corrected chi connectivity index (χ3v) is 7.25. The number of benzene rings is 1. The van der Waals surface area contributed by atoms with Crippen LogP contribution in [-0.2, 0) is 11.0 Å². The topological polar surface area (TPSA) is 125 Å². The van der Waals surface area contributed by atoms with Gasteiger partial charge in [0, 0.05) is 30.6 Å². The lowest BCUT2D eigenvalue weighted by Gasteiger charge is -2.47. The van der Waals surface area contributed by atoms with Crippen LogP contribution >= 0.6 is 0 Å². The average molecular weight is 508 g/mol. The maximum Gasteiger partial charge on any atom is 0.416 e. The van der Waals surface area contributed by atoms with Gasteiger partial charge in [0.15, 0.2) is 0 Å². The molecule has 9 nitrogen and oxygen atoms in total. The summed E-state index contributed by atoms with van der Waals surface area (Å²) >= 11 is 0. The molecule has 2 heterocycles. The summed E-state index contributed by atoms with van der Waals surface area (Å²) < 4.78 is 39.3. The van der Waals surface area contributed by atoms with Crippen molar-refractivity contribution in [3.8, 4) is 0 Å². The molecule has 196 valence electrons. The van der Waals surface area contributed by atoms with Gasteiger partial charge in [0.1, 0.15) is 12.1 Å². The fourth-order valence-electron chi connectivity index (χ4n) is 5.32. The molecule has 0 radical (unpaired) electrons. The van der Waals surface area contributed by atoms with Crippen molar-refractivity contribution in [1.29, 1.82) is 0 Å². The minimum absolute atomic E-state index is 0.0379. The van der Waals surface area contributed by atoms with E-state index in [1.165, 1.54) is 12.4 Å². The number of nitrogens with one attached hydrogen (secondary N) is 3. The lowest BCUT2D eigenvalue weighted by molar-refractivity contribution is -0.137. The number of carbonyl (C=O) groups is 2. The highest BCUT2D eigenvalue weighted by Crippen LogP contribution is 2.33. The Morgan fingerprint density at radius 2 is 1.89 bits per heavy atom. The monoisotopic (exact) mass is 507 g/mol. The molecule has 12 heteroatoms. The van der Waals surface area contributed by atoms with Crippen LogP contribution in [0.5, 0.6) is 0 Å². The lowest BCUT2D eigenvalue weighted by Crippen LogP contribution is -2.63. The van der Waals surface area contributed by atoms with Gasteiger partial charge >= 0.3 is 12.2 Å². The number of primary amides is 1. The minimum Gasteiger partial charge on any atom is -0.360 e. The smallest absolute Gasteiger partial charge is 0.360 e. The number of nitrogens with zero attached hydrogens (tertiary/aromatic N) is 3. The third-order valence-electron chi connectivity index (χ3n) is 7.25. The third kappa shape index (κ3) is 6.15. The Balaban J connectivity index is 1.22. The second kappa shape index (κ2) is 10.9. The summed E-state index contributed by atoms with van der Waals surface area (Å²) in [5, 5.41) is 8.88. The minimum atomic E-state index is -4.48. The number of hydrogen-bond acceptors (Lipinski definition) is 6. The Hall–Kier alpha value is -3.15. The van der Waals surface area contributed by atoms with Crippen LogP contribution < -0.4 is 21.7 Å². The normalized spacial score (nSPS) is 22.0. The molecule has 5 N–H and O–H groups in total. The number of amides is 3. The van der Waals surface area contributed by atoms with Crippen LogP contribution in [0.1, 0.15) is 44.6 Å². The van der Waals surface area contributed by atoms with Gasteiger partial charge in [0.25, 0.3) is 0 Å². The number of halogens is 3. The van der Waals surface area contributed by atoms with E-state index in [-0.39, 0.29) is 35.7 Å². The molecule has 2 aromatic rings. The van der Waals surface area contributed by atoms with E-state index >= 15 is 0 Å². The highest BCUT2D eigenvalue weighted by molar-refractivity contribution is 5.91. The summed E-state index contributed by atoms with van der Waals surface area (Å²) in [5.74, 6) is 0.376. The van der Waals surface area contributed by atoms with Gasteiger partial charge in [0.2, 0.25) is 5.91 Å². The van der Waals surface area contributed by atoms with E-state index in [1.807, 2.05) is 0 Å². The maximum absolute atomic E-state index is 13.1. The van der Waals surface area contributed by atoms with Gasteiger partial charge in [-0.25, -0.2) is 14.8 Å². The van der Waals surface area contributed by atoms with Crippen LogP contribution in [0.4, 0.5) is 23.8 Å². The number of aromatic nitrogens is 2. The first-order chi connectivity index (χ1) is 17.1. The molecular formula is C24H32F3N7O2. The number of fused-ring (bicyclic) bond motifs is 1. The van der Waals surface area contributed by atoms with Gasteiger partial charge in [-0.3, -0.25) is 9.69 Å². The number of alkyl halides is 3. The van der Waals surface area contributed by atoms with Gasteiger partial charge in [0.05, 0.1) is 23.7 Å². The first-order valence-electron chi connectivity index (χ1n) is 12.3. The van der Waals surface area contributed by atoms with Crippen LogP contribution in [0.25, 0.3) is 10.9 Å². The van der Waals surface area contributed by atoms with Crippen LogP contribution in [-0.4, -0.2) is 64.6 Å². The number of rotatable bonds is 8. The fourth-order valence-corrected chi connectivity index (χ4v) is 5.32. The Kier molecular flexibility index (Phi) is 7.82. The van der Waals surface area contributed by atoms with Crippen molar-refractivity contribution in [3.05, 3.63) is 30.1 Å². The van der Waals surface area contributed by atoms with E-state index in [1.54, 1.807) is 0 Å². The molecule has 4 rings (SSSR count). The molecular weight excluding hydrogens is 475 g/mol. The lowest BCUT2D eigenvalue weighted by atomic mass is 9.79. The van der Waals surface area contributed by atoms with E-state index < -0.39 is 17.8 Å². The largest absolute Gasteiger partial charge is 0.416 e. The van der Waals surface area contributed by atoms with Crippen molar-refractivity contribution < 1.29 is 22.8 Å². The first-order valence-corrected chi connectivity index (χ1v) is 12.3.